The van der Waals surface area contributed by atoms with E-state index in [9.17, 15) is 19.0 Å². The van der Waals surface area contributed by atoms with E-state index in [1.165, 1.54) is 70.6 Å². The Morgan fingerprint density at radius 3 is 1.59 bits per heavy atom. The predicted molar refractivity (Wildman–Crippen MR) is 157 cm³/mol. The Morgan fingerprint density at radius 1 is 0.718 bits per heavy atom. The maximum atomic E-state index is 12.3. The second-order valence-electron chi connectivity index (χ2n) is 11.7. The van der Waals surface area contributed by atoms with Crippen LogP contribution in [-0.4, -0.2) is 69.8 Å². The van der Waals surface area contributed by atoms with Crippen LogP contribution >= 0.6 is 7.82 Å². The SMILES string of the molecule is CCCCCCCCCCCCCCCCC(=O)NCC(CNC(=O)CCC)OP(=O)([O-])OCC[N+](C)(C)C. The second-order valence-corrected chi connectivity index (χ2v) is 13.1. The molecule has 2 unspecified atom stereocenters. The molecule has 0 aromatic heterocycles. The average Bonchev–Trinajstić information content (AvgIpc) is 2.85. The number of amides is 2. The number of phosphoric acid groups is 1. The van der Waals surface area contributed by atoms with E-state index in [-0.39, 0.29) is 31.5 Å². The minimum atomic E-state index is -4.59. The van der Waals surface area contributed by atoms with E-state index in [2.05, 4.69) is 17.6 Å². The lowest BCUT2D eigenvalue weighted by Gasteiger charge is -2.30. The summed E-state index contributed by atoms with van der Waals surface area (Å²) in [5.74, 6) is -0.333. The summed E-state index contributed by atoms with van der Waals surface area (Å²) >= 11 is 0. The van der Waals surface area contributed by atoms with Gasteiger partial charge in [0.15, 0.2) is 0 Å². The number of hydrogen-bond acceptors (Lipinski definition) is 6. The van der Waals surface area contributed by atoms with Gasteiger partial charge in [0, 0.05) is 25.9 Å². The van der Waals surface area contributed by atoms with Gasteiger partial charge in [0.2, 0.25) is 11.8 Å². The maximum Gasteiger partial charge on any atom is 0.268 e. The van der Waals surface area contributed by atoms with Crippen molar-refractivity contribution >= 4 is 19.6 Å². The molecule has 2 amide bonds. The fourth-order valence-electron chi connectivity index (χ4n) is 4.13. The molecule has 0 radical (unpaired) electrons. The monoisotopic (exact) mass is 577 g/mol. The fourth-order valence-corrected chi connectivity index (χ4v) is 5.01. The van der Waals surface area contributed by atoms with Crippen molar-refractivity contribution < 1.29 is 32.6 Å². The summed E-state index contributed by atoms with van der Waals surface area (Å²) in [6.07, 6.45) is 18.1. The van der Waals surface area contributed by atoms with Crippen molar-refractivity contribution in [2.45, 2.75) is 129 Å². The van der Waals surface area contributed by atoms with Crippen LogP contribution in [0.4, 0.5) is 0 Å². The van der Waals surface area contributed by atoms with Crippen LogP contribution in [0, 0.1) is 0 Å². The Kier molecular flexibility index (Phi) is 23.1. The van der Waals surface area contributed by atoms with E-state index in [4.69, 9.17) is 9.05 Å². The molecule has 0 saturated heterocycles. The number of hydrogen-bond donors (Lipinski definition) is 2. The molecule has 0 rings (SSSR count). The number of unbranched alkanes of at least 4 members (excludes halogenated alkanes) is 13. The van der Waals surface area contributed by atoms with Gasteiger partial charge in [-0.1, -0.05) is 97.3 Å². The standard InChI is InChI=1S/C29H60N3O6P/c1-6-8-9-10-11-12-13-14-15-16-17-18-19-20-22-29(34)31-26-27(25-30-28(33)21-7-2)38-39(35,36)37-24-23-32(3,4)5/h27H,6-26H2,1-5H3,(H2-,30,31,33,34,35,36). The van der Waals surface area contributed by atoms with Gasteiger partial charge < -0.3 is 29.1 Å². The van der Waals surface area contributed by atoms with Gasteiger partial charge in [0.25, 0.3) is 7.82 Å². The van der Waals surface area contributed by atoms with Gasteiger partial charge in [-0.15, -0.1) is 0 Å². The van der Waals surface area contributed by atoms with Crippen molar-refractivity contribution in [3.05, 3.63) is 0 Å². The Bertz CT molecular complexity index is 672. The van der Waals surface area contributed by atoms with Crippen LogP contribution in [0.1, 0.15) is 123 Å². The van der Waals surface area contributed by atoms with E-state index in [1.807, 2.05) is 28.1 Å². The first-order chi connectivity index (χ1) is 18.5. The van der Waals surface area contributed by atoms with Crippen LogP contribution in [-0.2, 0) is 23.2 Å². The molecule has 0 aromatic rings. The Hall–Kier alpha value is -0.990. The minimum Gasteiger partial charge on any atom is -0.756 e. The summed E-state index contributed by atoms with van der Waals surface area (Å²) in [6.45, 7) is 4.58. The van der Waals surface area contributed by atoms with Gasteiger partial charge in [-0.2, -0.15) is 0 Å². The van der Waals surface area contributed by atoms with Gasteiger partial charge in [0.1, 0.15) is 19.3 Å². The highest BCUT2D eigenvalue weighted by Gasteiger charge is 2.21. The van der Waals surface area contributed by atoms with Crippen LogP contribution in [0.25, 0.3) is 0 Å². The first kappa shape index (κ1) is 38.0. The zero-order valence-electron chi connectivity index (χ0n) is 25.8. The highest BCUT2D eigenvalue weighted by Crippen LogP contribution is 2.39. The lowest BCUT2D eigenvalue weighted by atomic mass is 10.0. The summed E-state index contributed by atoms with van der Waals surface area (Å²) in [4.78, 5) is 36.5. The summed E-state index contributed by atoms with van der Waals surface area (Å²) in [7, 11) is 1.21. The number of carbonyl (C=O) groups excluding carboxylic acids is 2. The van der Waals surface area contributed by atoms with Crippen LogP contribution < -0.4 is 15.5 Å². The Morgan fingerprint density at radius 2 is 1.15 bits per heavy atom. The van der Waals surface area contributed by atoms with E-state index < -0.39 is 13.9 Å². The zero-order valence-corrected chi connectivity index (χ0v) is 26.7. The first-order valence-corrected chi connectivity index (χ1v) is 16.9. The topological polar surface area (TPSA) is 117 Å². The summed E-state index contributed by atoms with van der Waals surface area (Å²) in [6, 6.07) is 0. The molecule has 0 fully saturated rings. The molecule has 2 N–H and O–H groups in total. The van der Waals surface area contributed by atoms with Crippen molar-refractivity contribution in [1.82, 2.24) is 10.6 Å². The van der Waals surface area contributed by atoms with Gasteiger partial charge in [-0.3, -0.25) is 14.2 Å². The number of rotatable bonds is 27. The lowest BCUT2D eigenvalue weighted by molar-refractivity contribution is -0.870. The van der Waals surface area contributed by atoms with Crippen LogP contribution in [0.5, 0.6) is 0 Å². The highest BCUT2D eigenvalue weighted by molar-refractivity contribution is 7.45. The lowest BCUT2D eigenvalue weighted by Crippen LogP contribution is -2.42. The molecule has 0 aromatic carbocycles. The number of nitrogens with zero attached hydrogens (tertiary/aromatic N) is 1. The maximum absolute atomic E-state index is 12.3. The normalized spacial score (nSPS) is 14.1. The third kappa shape index (κ3) is 27.0. The first-order valence-electron chi connectivity index (χ1n) is 15.5. The molecule has 232 valence electrons. The van der Waals surface area contributed by atoms with Gasteiger partial charge in [0.05, 0.1) is 21.1 Å². The number of phosphoric ester groups is 1. The Labute approximate surface area is 239 Å². The molecule has 0 aliphatic rings. The quantitative estimate of drug-likeness (QED) is 0.0760. The van der Waals surface area contributed by atoms with Gasteiger partial charge in [-0.05, 0) is 12.8 Å². The zero-order chi connectivity index (χ0) is 29.4. The smallest absolute Gasteiger partial charge is 0.268 e. The van der Waals surface area contributed by atoms with E-state index in [1.54, 1.807) is 0 Å². The highest BCUT2D eigenvalue weighted by atomic mass is 31.2. The predicted octanol–water partition coefficient (Wildman–Crippen LogP) is 5.47. The molecule has 0 aliphatic heterocycles. The van der Waals surface area contributed by atoms with Crippen molar-refractivity contribution in [3.8, 4) is 0 Å². The summed E-state index contributed by atoms with van der Waals surface area (Å²) in [5, 5.41) is 5.43. The molecule has 0 saturated carbocycles. The third-order valence-electron chi connectivity index (χ3n) is 6.58. The van der Waals surface area contributed by atoms with Crippen LogP contribution in [0.2, 0.25) is 0 Å². The van der Waals surface area contributed by atoms with E-state index in [0.29, 0.717) is 30.3 Å². The fraction of sp³-hybridized carbons (Fsp3) is 0.931. The van der Waals surface area contributed by atoms with Crippen molar-refractivity contribution in [1.29, 1.82) is 0 Å². The molecule has 9 nitrogen and oxygen atoms in total. The molecule has 0 aliphatic carbocycles. The van der Waals surface area contributed by atoms with Crippen molar-refractivity contribution in [2.75, 3.05) is 47.4 Å². The molecule has 0 heterocycles. The molecule has 0 spiro atoms. The molecular formula is C29H60N3O6P. The molecule has 0 bridgehead atoms. The number of quaternary nitrogens is 1. The number of carbonyl (C=O) groups is 2. The molecular weight excluding hydrogens is 517 g/mol. The summed E-state index contributed by atoms with van der Waals surface area (Å²) < 4.78 is 23.1. The second kappa shape index (κ2) is 23.7. The number of nitrogens with one attached hydrogen (secondary N) is 2. The van der Waals surface area contributed by atoms with Crippen molar-refractivity contribution in [2.24, 2.45) is 0 Å². The van der Waals surface area contributed by atoms with Gasteiger partial charge in [-0.25, -0.2) is 0 Å². The molecule has 39 heavy (non-hydrogen) atoms. The van der Waals surface area contributed by atoms with E-state index in [0.717, 1.165) is 19.3 Å². The average molecular weight is 578 g/mol. The number of likely N-dealkylation sites (N-methyl/N-ethyl adjacent to an activating group) is 1. The third-order valence-corrected chi connectivity index (χ3v) is 7.63. The minimum absolute atomic E-state index is 0.00925. The summed E-state index contributed by atoms with van der Waals surface area (Å²) in [5.41, 5.74) is 0. The van der Waals surface area contributed by atoms with E-state index >= 15 is 0 Å². The molecule has 10 heteroatoms. The molecule has 2 atom stereocenters. The Balaban J connectivity index is 4.16. The largest absolute Gasteiger partial charge is 0.756 e. The van der Waals surface area contributed by atoms with Crippen LogP contribution in [0.3, 0.4) is 0 Å². The van der Waals surface area contributed by atoms with Crippen LogP contribution in [0.15, 0.2) is 0 Å². The van der Waals surface area contributed by atoms with Gasteiger partial charge >= 0.3 is 0 Å². The van der Waals surface area contributed by atoms with Crippen molar-refractivity contribution in [3.63, 3.8) is 0 Å².